The fraction of sp³-hybridized carbons (Fsp3) is 0.154. The smallest absolute Gasteiger partial charge is 0.221 e. The van der Waals surface area contributed by atoms with E-state index in [1.807, 2.05) is 32.0 Å². The Morgan fingerprint density at radius 2 is 1.72 bits per heavy atom. The number of anilines is 1. The minimum atomic E-state index is -0.192. The van der Waals surface area contributed by atoms with Gasteiger partial charge in [-0.3, -0.25) is 9.59 Å². The Balaban J connectivity index is 1.85. The zero-order valence-corrected chi connectivity index (χ0v) is 18.2. The number of carbonyl (C=O) groups is 2. The van der Waals surface area contributed by atoms with Crippen molar-refractivity contribution >= 4 is 23.5 Å². The van der Waals surface area contributed by atoms with Crippen LogP contribution >= 0.6 is 0 Å². The predicted octanol–water partition coefficient (Wildman–Crippen LogP) is 5.75. The SMILES string of the molecule is CCOc1cc(/C=C/C(=O)c2ccc(O)cc2)ccc1Oc1cc(C)ccc1NC(C)=O. The first kappa shape index (κ1) is 22.6. The van der Waals surface area contributed by atoms with Crippen molar-refractivity contribution in [2.75, 3.05) is 11.9 Å². The number of allylic oxidation sites excluding steroid dienone is 1. The average molecular weight is 431 g/mol. The monoisotopic (exact) mass is 431 g/mol. The summed E-state index contributed by atoms with van der Waals surface area (Å²) in [5.41, 5.74) is 2.79. The summed E-state index contributed by atoms with van der Waals surface area (Å²) in [5, 5.41) is 12.1. The molecule has 0 heterocycles. The highest BCUT2D eigenvalue weighted by Crippen LogP contribution is 2.37. The maximum atomic E-state index is 12.3. The molecule has 0 atom stereocenters. The van der Waals surface area contributed by atoms with Crippen LogP contribution < -0.4 is 14.8 Å². The van der Waals surface area contributed by atoms with Crippen LogP contribution in [-0.4, -0.2) is 23.4 Å². The van der Waals surface area contributed by atoms with Crippen LogP contribution in [0, 0.1) is 6.92 Å². The molecule has 6 nitrogen and oxygen atoms in total. The summed E-state index contributed by atoms with van der Waals surface area (Å²) < 4.78 is 11.8. The molecular weight excluding hydrogens is 406 g/mol. The van der Waals surface area contributed by atoms with E-state index in [2.05, 4.69) is 5.32 Å². The van der Waals surface area contributed by atoms with Crippen molar-refractivity contribution in [1.82, 2.24) is 0 Å². The fourth-order valence-electron chi connectivity index (χ4n) is 3.00. The normalized spacial score (nSPS) is 10.7. The van der Waals surface area contributed by atoms with Crippen molar-refractivity contribution in [2.45, 2.75) is 20.8 Å². The standard InChI is InChI=1S/C26H25NO5/c1-4-31-26-16-19(6-13-23(30)20-8-10-21(29)11-9-20)7-14-24(26)32-25-15-17(2)5-12-22(25)27-18(3)28/h5-16,29H,4H2,1-3H3,(H,27,28)/b13-6+. The molecule has 0 saturated heterocycles. The molecule has 0 radical (unpaired) electrons. The largest absolute Gasteiger partial charge is 0.508 e. The van der Waals surface area contributed by atoms with E-state index in [0.29, 0.717) is 35.1 Å². The number of hydrogen-bond donors (Lipinski definition) is 2. The quantitative estimate of drug-likeness (QED) is 0.351. The lowest BCUT2D eigenvalue weighted by molar-refractivity contribution is -0.114. The van der Waals surface area contributed by atoms with E-state index < -0.39 is 0 Å². The summed E-state index contributed by atoms with van der Waals surface area (Å²) in [7, 11) is 0. The maximum absolute atomic E-state index is 12.3. The molecule has 0 aliphatic carbocycles. The zero-order valence-electron chi connectivity index (χ0n) is 18.2. The molecular formula is C26H25NO5. The van der Waals surface area contributed by atoms with Crippen LogP contribution in [0.5, 0.6) is 23.0 Å². The number of aryl methyl sites for hydroxylation is 1. The first-order valence-electron chi connectivity index (χ1n) is 10.2. The Hall–Kier alpha value is -4.06. The van der Waals surface area contributed by atoms with Gasteiger partial charge in [0.1, 0.15) is 5.75 Å². The van der Waals surface area contributed by atoms with Crippen LogP contribution in [0.1, 0.15) is 35.3 Å². The topological polar surface area (TPSA) is 84.9 Å². The molecule has 0 aliphatic heterocycles. The van der Waals surface area contributed by atoms with Gasteiger partial charge in [0, 0.05) is 12.5 Å². The number of ether oxygens (including phenoxy) is 2. The molecule has 3 aromatic rings. The number of aromatic hydroxyl groups is 1. The van der Waals surface area contributed by atoms with Crippen molar-refractivity contribution in [3.8, 4) is 23.0 Å². The highest BCUT2D eigenvalue weighted by Gasteiger charge is 2.12. The van der Waals surface area contributed by atoms with Crippen molar-refractivity contribution in [3.05, 3.63) is 83.4 Å². The third-order valence-electron chi connectivity index (χ3n) is 4.51. The Morgan fingerprint density at radius 3 is 2.41 bits per heavy atom. The Labute approximate surface area is 187 Å². The van der Waals surface area contributed by atoms with E-state index in [4.69, 9.17) is 9.47 Å². The molecule has 3 rings (SSSR count). The van der Waals surface area contributed by atoms with Crippen LogP contribution in [-0.2, 0) is 4.79 Å². The lowest BCUT2D eigenvalue weighted by Crippen LogP contribution is -2.07. The first-order valence-corrected chi connectivity index (χ1v) is 10.2. The fourth-order valence-corrected chi connectivity index (χ4v) is 3.00. The lowest BCUT2D eigenvalue weighted by Gasteiger charge is -2.15. The van der Waals surface area contributed by atoms with E-state index in [9.17, 15) is 14.7 Å². The zero-order chi connectivity index (χ0) is 23.1. The summed E-state index contributed by atoms with van der Waals surface area (Å²) in [5.74, 6) is 1.25. The van der Waals surface area contributed by atoms with Gasteiger partial charge >= 0.3 is 0 Å². The van der Waals surface area contributed by atoms with Gasteiger partial charge in [-0.25, -0.2) is 0 Å². The highest BCUT2D eigenvalue weighted by molar-refractivity contribution is 6.06. The Morgan fingerprint density at radius 1 is 0.969 bits per heavy atom. The maximum Gasteiger partial charge on any atom is 0.221 e. The number of phenolic OH excluding ortho intramolecular Hbond substituents is 1. The molecule has 2 N–H and O–H groups in total. The van der Waals surface area contributed by atoms with Crippen LogP contribution in [0.4, 0.5) is 5.69 Å². The predicted molar refractivity (Wildman–Crippen MR) is 125 cm³/mol. The van der Waals surface area contributed by atoms with Gasteiger partial charge in [0.15, 0.2) is 23.0 Å². The van der Waals surface area contributed by atoms with Gasteiger partial charge < -0.3 is 19.9 Å². The number of phenols is 1. The summed E-state index contributed by atoms with van der Waals surface area (Å²) >= 11 is 0. The first-order chi connectivity index (χ1) is 15.4. The number of amides is 1. The second kappa shape index (κ2) is 10.3. The van der Waals surface area contributed by atoms with Crippen LogP contribution in [0.15, 0.2) is 66.7 Å². The van der Waals surface area contributed by atoms with E-state index >= 15 is 0 Å². The minimum absolute atomic E-state index is 0.109. The number of rotatable bonds is 8. The van der Waals surface area contributed by atoms with Crippen LogP contribution in [0.3, 0.4) is 0 Å². The van der Waals surface area contributed by atoms with E-state index in [1.165, 1.54) is 25.1 Å². The van der Waals surface area contributed by atoms with E-state index in [-0.39, 0.29) is 17.4 Å². The Kier molecular flexibility index (Phi) is 7.29. The van der Waals surface area contributed by atoms with Gasteiger partial charge in [-0.2, -0.15) is 0 Å². The molecule has 6 heteroatoms. The van der Waals surface area contributed by atoms with Crippen molar-refractivity contribution < 1.29 is 24.2 Å². The second-order valence-corrected chi connectivity index (χ2v) is 7.17. The van der Waals surface area contributed by atoms with Crippen molar-refractivity contribution in [1.29, 1.82) is 0 Å². The second-order valence-electron chi connectivity index (χ2n) is 7.17. The van der Waals surface area contributed by atoms with Gasteiger partial charge in [0.05, 0.1) is 12.3 Å². The molecule has 3 aromatic carbocycles. The van der Waals surface area contributed by atoms with Gasteiger partial charge in [-0.05, 0) is 79.6 Å². The third kappa shape index (κ3) is 5.98. The summed E-state index contributed by atoms with van der Waals surface area (Å²) in [6, 6.07) is 17.0. The molecule has 0 saturated carbocycles. The molecule has 32 heavy (non-hydrogen) atoms. The number of nitrogens with one attached hydrogen (secondary N) is 1. The number of hydrogen-bond acceptors (Lipinski definition) is 5. The van der Waals surface area contributed by atoms with Gasteiger partial charge in [-0.15, -0.1) is 0 Å². The Bertz CT molecular complexity index is 1150. The van der Waals surface area contributed by atoms with Crippen LogP contribution in [0.25, 0.3) is 6.08 Å². The third-order valence-corrected chi connectivity index (χ3v) is 4.51. The lowest BCUT2D eigenvalue weighted by atomic mass is 10.1. The van der Waals surface area contributed by atoms with E-state index in [0.717, 1.165) is 11.1 Å². The van der Waals surface area contributed by atoms with Crippen LogP contribution in [0.2, 0.25) is 0 Å². The molecule has 0 aromatic heterocycles. The molecule has 0 spiro atoms. The molecule has 1 amide bonds. The summed E-state index contributed by atoms with van der Waals surface area (Å²) in [6.07, 6.45) is 3.16. The number of ketones is 1. The molecule has 0 unspecified atom stereocenters. The molecule has 0 fully saturated rings. The minimum Gasteiger partial charge on any atom is -0.508 e. The van der Waals surface area contributed by atoms with E-state index in [1.54, 1.807) is 36.4 Å². The summed E-state index contributed by atoms with van der Waals surface area (Å²) in [4.78, 5) is 23.9. The van der Waals surface area contributed by atoms with Crippen molar-refractivity contribution in [3.63, 3.8) is 0 Å². The molecule has 0 aliphatic rings. The summed E-state index contributed by atoms with van der Waals surface area (Å²) in [6.45, 7) is 5.68. The van der Waals surface area contributed by atoms with Gasteiger partial charge in [0.2, 0.25) is 5.91 Å². The van der Waals surface area contributed by atoms with Crippen molar-refractivity contribution in [2.24, 2.45) is 0 Å². The van der Waals surface area contributed by atoms with Gasteiger partial charge in [0.25, 0.3) is 0 Å². The molecule has 0 bridgehead atoms. The average Bonchev–Trinajstić information content (AvgIpc) is 2.76. The number of benzene rings is 3. The highest BCUT2D eigenvalue weighted by atomic mass is 16.5. The van der Waals surface area contributed by atoms with Gasteiger partial charge in [-0.1, -0.05) is 18.2 Å². The number of carbonyl (C=O) groups excluding carboxylic acids is 2. The molecule has 164 valence electrons.